The highest BCUT2D eigenvalue weighted by molar-refractivity contribution is 7.99. The van der Waals surface area contributed by atoms with Gasteiger partial charge in [-0.2, -0.15) is 0 Å². The quantitative estimate of drug-likeness (QED) is 0.650. The van der Waals surface area contributed by atoms with E-state index in [9.17, 15) is 9.59 Å². The first-order chi connectivity index (χ1) is 14.0. The fourth-order valence-corrected chi connectivity index (χ4v) is 4.10. The van der Waals surface area contributed by atoms with E-state index in [-0.39, 0.29) is 12.3 Å². The number of carbonyl (C=O) groups excluding carboxylic acids is 2. The number of ether oxygens (including phenoxy) is 2. The number of carbonyl (C=O) groups is 2. The zero-order valence-corrected chi connectivity index (χ0v) is 17.8. The van der Waals surface area contributed by atoms with Crippen LogP contribution in [0.4, 0.5) is 5.69 Å². The van der Waals surface area contributed by atoms with Crippen LogP contribution in [0.25, 0.3) is 0 Å². The number of fused-ring (bicyclic) bond motifs is 1. The van der Waals surface area contributed by atoms with Gasteiger partial charge in [-0.15, -0.1) is 11.8 Å². The Balaban J connectivity index is 1.71. The third kappa shape index (κ3) is 5.52. The smallest absolute Gasteiger partial charge is 0.311 e. The number of hydrogen-bond acceptors (Lipinski definition) is 6. The number of esters is 1. The van der Waals surface area contributed by atoms with Crippen molar-refractivity contribution in [2.75, 3.05) is 44.9 Å². The van der Waals surface area contributed by atoms with Crippen molar-refractivity contribution in [3.05, 3.63) is 54.1 Å². The molecule has 1 aliphatic heterocycles. The van der Waals surface area contributed by atoms with Crippen molar-refractivity contribution in [3.63, 3.8) is 0 Å². The predicted molar refractivity (Wildman–Crippen MR) is 115 cm³/mol. The van der Waals surface area contributed by atoms with Crippen molar-refractivity contribution < 1.29 is 19.1 Å². The summed E-state index contributed by atoms with van der Waals surface area (Å²) in [5.74, 6) is 0.551. The maximum Gasteiger partial charge on any atom is 0.311 e. The molecule has 2 aromatic rings. The highest BCUT2D eigenvalue weighted by Crippen LogP contribution is 2.34. The Bertz CT molecular complexity index is 854. The Morgan fingerprint density at radius 3 is 2.59 bits per heavy atom. The third-order valence-electron chi connectivity index (χ3n) is 4.64. The molecule has 0 aliphatic carbocycles. The molecule has 0 saturated heterocycles. The Morgan fingerprint density at radius 2 is 1.90 bits per heavy atom. The summed E-state index contributed by atoms with van der Waals surface area (Å²) in [6, 6.07) is 15.1. The Morgan fingerprint density at radius 1 is 1.17 bits per heavy atom. The van der Waals surface area contributed by atoms with Gasteiger partial charge in [0.15, 0.2) is 6.10 Å². The molecule has 1 amide bonds. The average molecular weight is 415 g/mol. The van der Waals surface area contributed by atoms with Crippen molar-refractivity contribution >= 4 is 29.3 Å². The van der Waals surface area contributed by atoms with E-state index in [0.717, 1.165) is 28.4 Å². The molecule has 3 rings (SSSR count). The molecule has 1 unspecified atom stereocenters. The van der Waals surface area contributed by atoms with Gasteiger partial charge < -0.3 is 19.3 Å². The lowest BCUT2D eigenvalue weighted by Gasteiger charge is -2.26. The predicted octanol–water partition coefficient (Wildman–Crippen LogP) is 2.85. The van der Waals surface area contributed by atoms with E-state index in [1.165, 1.54) is 0 Å². The van der Waals surface area contributed by atoms with Crippen molar-refractivity contribution in [1.82, 2.24) is 4.90 Å². The molecule has 7 heteroatoms. The SMILES string of the molecule is COc1ccc(CC(=O)OC2CSc3ccccc3N(CCN(C)C)C2=O)cc1. The Labute approximate surface area is 175 Å². The maximum atomic E-state index is 13.2. The standard InChI is InChI=1S/C22H26N2O4S/c1-23(2)12-13-24-18-6-4-5-7-20(18)29-15-19(22(24)26)28-21(25)14-16-8-10-17(27-3)11-9-16/h4-11,19H,12-15H2,1-3H3. The average Bonchev–Trinajstić information content (AvgIpc) is 2.84. The number of hydrogen-bond donors (Lipinski definition) is 0. The lowest BCUT2D eigenvalue weighted by atomic mass is 10.1. The van der Waals surface area contributed by atoms with Crippen LogP contribution in [0.1, 0.15) is 5.56 Å². The molecule has 0 saturated carbocycles. The minimum atomic E-state index is -0.805. The maximum absolute atomic E-state index is 13.2. The first-order valence-electron chi connectivity index (χ1n) is 9.48. The number of thioether (sulfide) groups is 1. The molecule has 1 atom stereocenters. The van der Waals surface area contributed by atoms with Crippen LogP contribution >= 0.6 is 11.8 Å². The van der Waals surface area contributed by atoms with E-state index in [0.29, 0.717) is 12.3 Å². The second kappa shape index (κ2) is 9.80. The minimum absolute atomic E-state index is 0.114. The number of rotatable bonds is 7. The van der Waals surface area contributed by atoms with E-state index in [1.54, 1.807) is 35.9 Å². The first-order valence-corrected chi connectivity index (χ1v) is 10.5. The number of anilines is 1. The largest absolute Gasteiger partial charge is 0.497 e. The van der Waals surface area contributed by atoms with Crippen LogP contribution < -0.4 is 9.64 Å². The van der Waals surface area contributed by atoms with Crippen molar-refractivity contribution in [2.45, 2.75) is 17.4 Å². The molecule has 0 radical (unpaired) electrons. The molecular formula is C22H26N2O4S. The molecule has 2 aromatic carbocycles. The molecule has 154 valence electrons. The van der Waals surface area contributed by atoms with Gasteiger partial charge in [-0.25, -0.2) is 0 Å². The lowest BCUT2D eigenvalue weighted by Crippen LogP contribution is -2.44. The summed E-state index contributed by atoms with van der Waals surface area (Å²) in [6.07, 6.45) is -0.691. The Hall–Kier alpha value is -2.51. The zero-order chi connectivity index (χ0) is 20.8. The number of amides is 1. The van der Waals surface area contributed by atoms with Gasteiger partial charge in [-0.05, 0) is 43.9 Å². The summed E-state index contributed by atoms with van der Waals surface area (Å²) in [5, 5.41) is 0. The first kappa shape index (κ1) is 21.2. The van der Waals surface area contributed by atoms with Gasteiger partial charge in [0, 0.05) is 23.7 Å². The van der Waals surface area contributed by atoms with Gasteiger partial charge in [0.25, 0.3) is 5.91 Å². The van der Waals surface area contributed by atoms with E-state index >= 15 is 0 Å². The van der Waals surface area contributed by atoms with E-state index < -0.39 is 12.1 Å². The van der Waals surface area contributed by atoms with Gasteiger partial charge in [-0.1, -0.05) is 24.3 Å². The second-order valence-electron chi connectivity index (χ2n) is 7.08. The van der Waals surface area contributed by atoms with E-state index in [1.807, 2.05) is 55.4 Å². The summed E-state index contributed by atoms with van der Waals surface area (Å²) in [5.41, 5.74) is 1.69. The summed E-state index contributed by atoms with van der Waals surface area (Å²) in [4.78, 5) is 30.5. The summed E-state index contributed by atoms with van der Waals surface area (Å²) < 4.78 is 10.7. The van der Waals surface area contributed by atoms with Crippen LogP contribution in [0.15, 0.2) is 53.4 Å². The fourth-order valence-electron chi connectivity index (χ4n) is 3.06. The highest BCUT2D eigenvalue weighted by Gasteiger charge is 2.33. The van der Waals surface area contributed by atoms with Crippen LogP contribution in [-0.2, 0) is 20.7 Å². The topological polar surface area (TPSA) is 59.1 Å². The van der Waals surface area contributed by atoms with Gasteiger partial charge in [0.05, 0.1) is 19.2 Å². The van der Waals surface area contributed by atoms with Gasteiger partial charge in [0.1, 0.15) is 5.75 Å². The molecule has 0 spiro atoms. The highest BCUT2D eigenvalue weighted by atomic mass is 32.2. The van der Waals surface area contributed by atoms with Gasteiger partial charge >= 0.3 is 5.97 Å². The minimum Gasteiger partial charge on any atom is -0.497 e. The molecule has 1 aliphatic rings. The van der Waals surface area contributed by atoms with Crippen LogP contribution in [0, 0.1) is 0 Å². The van der Waals surface area contributed by atoms with Crippen LogP contribution in [-0.4, -0.2) is 62.9 Å². The van der Waals surface area contributed by atoms with Crippen LogP contribution in [0.2, 0.25) is 0 Å². The number of likely N-dealkylation sites (N-methyl/N-ethyl adjacent to an activating group) is 1. The molecular weight excluding hydrogens is 388 g/mol. The molecule has 0 aromatic heterocycles. The lowest BCUT2D eigenvalue weighted by molar-refractivity contribution is -0.152. The van der Waals surface area contributed by atoms with Gasteiger partial charge in [0.2, 0.25) is 0 Å². The Kier molecular flexibility index (Phi) is 7.17. The monoisotopic (exact) mass is 414 g/mol. The summed E-state index contributed by atoms with van der Waals surface area (Å²) >= 11 is 1.54. The summed E-state index contributed by atoms with van der Waals surface area (Å²) in [7, 11) is 5.53. The third-order valence-corrected chi connectivity index (χ3v) is 5.77. The van der Waals surface area contributed by atoms with E-state index in [4.69, 9.17) is 9.47 Å². The fraction of sp³-hybridized carbons (Fsp3) is 0.364. The van der Waals surface area contributed by atoms with E-state index in [2.05, 4.69) is 0 Å². The number of nitrogens with zero attached hydrogens (tertiary/aromatic N) is 2. The number of methoxy groups -OCH3 is 1. The zero-order valence-electron chi connectivity index (χ0n) is 17.0. The van der Waals surface area contributed by atoms with Crippen molar-refractivity contribution in [2.24, 2.45) is 0 Å². The molecule has 29 heavy (non-hydrogen) atoms. The van der Waals surface area contributed by atoms with Crippen LogP contribution in [0.3, 0.4) is 0 Å². The molecule has 6 nitrogen and oxygen atoms in total. The molecule has 1 heterocycles. The van der Waals surface area contributed by atoms with Crippen molar-refractivity contribution in [1.29, 1.82) is 0 Å². The number of benzene rings is 2. The summed E-state index contributed by atoms with van der Waals surface area (Å²) in [6.45, 7) is 1.26. The molecule has 0 fully saturated rings. The normalized spacial score (nSPS) is 16.3. The number of para-hydroxylation sites is 1. The van der Waals surface area contributed by atoms with Crippen LogP contribution in [0.5, 0.6) is 5.75 Å². The second-order valence-corrected chi connectivity index (χ2v) is 8.14. The van der Waals surface area contributed by atoms with Crippen molar-refractivity contribution in [3.8, 4) is 5.75 Å². The molecule has 0 N–H and O–H groups in total. The molecule has 0 bridgehead atoms. The van der Waals surface area contributed by atoms with Gasteiger partial charge in [-0.3, -0.25) is 9.59 Å².